The number of ether oxygens (including phenoxy) is 1. The van der Waals surface area contributed by atoms with E-state index in [1.165, 1.54) is 25.6 Å². The van der Waals surface area contributed by atoms with E-state index in [1.807, 2.05) is 0 Å². The van der Waals surface area contributed by atoms with E-state index in [4.69, 9.17) is 0 Å². The highest BCUT2D eigenvalue weighted by molar-refractivity contribution is 5.69. The minimum absolute atomic E-state index is 0. The molecule has 104 valence electrons. The van der Waals surface area contributed by atoms with Gasteiger partial charge in [-0.15, -0.1) is 0 Å². The van der Waals surface area contributed by atoms with Gasteiger partial charge in [0.2, 0.25) is 6.33 Å². The van der Waals surface area contributed by atoms with Crippen LogP contribution in [0, 0.1) is 0 Å². The third-order valence-corrected chi connectivity index (χ3v) is 2.89. The van der Waals surface area contributed by atoms with Crippen molar-refractivity contribution in [3.05, 3.63) is 18.2 Å². The van der Waals surface area contributed by atoms with E-state index >= 15 is 0 Å². The van der Waals surface area contributed by atoms with Gasteiger partial charge in [0.05, 0.1) is 26.6 Å². The molecule has 0 spiro atoms. The minimum atomic E-state index is -0.144. The summed E-state index contributed by atoms with van der Waals surface area (Å²) in [6, 6.07) is 0. The topological polar surface area (TPSA) is 35.1 Å². The summed E-state index contributed by atoms with van der Waals surface area (Å²) in [7, 11) is 1.43. The molecule has 0 saturated carbocycles. The Hall–Kier alpha value is -0.590. The summed E-state index contributed by atoms with van der Waals surface area (Å²) in [5.74, 6) is -0.144. The quantitative estimate of drug-likeness (QED) is 0.342. The highest BCUT2D eigenvalue weighted by Crippen LogP contribution is 2.03. The molecule has 0 saturated heterocycles. The Morgan fingerprint density at radius 1 is 1.44 bits per heavy atom. The molecule has 0 aromatic carbocycles. The van der Waals surface area contributed by atoms with Crippen molar-refractivity contribution in [2.24, 2.45) is 0 Å². The number of hydrogen-bond donors (Lipinski definition) is 0. The number of carbonyl (C=O) groups excluding carboxylic acids is 1. The molecule has 0 aliphatic heterocycles. The normalized spacial score (nSPS) is 9.94. The standard InChI is InChI=1S/C13H23N2O2.HI/c1-4-6-9-14-10-12(15(5-2)11-14)7-8-13(16)17-3;/h10-11H,4-9H2,1-3H3;1H/q+1;/p-1. The zero-order valence-corrected chi connectivity index (χ0v) is 13.6. The van der Waals surface area contributed by atoms with Gasteiger partial charge in [-0.2, -0.15) is 0 Å². The first-order valence-corrected chi connectivity index (χ1v) is 6.36. The lowest BCUT2D eigenvalue weighted by Gasteiger charge is -1.97. The van der Waals surface area contributed by atoms with Gasteiger partial charge in [-0.3, -0.25) is 4.79 Å². The van der Waals surface area contributed by atoms with Crippen LogP contribution < -0.4 is 28.5 Å². The van der Waals surface area contributed by atoms with Crippen LogP contribution in [0.2, 0.25) is 0 Å². The number of aromatic nitrogens is 2. The lowest BCUT2D eigenvalue weighted by molar-refractivity contribution is -0.697. The average molecular weight is 366 g/mol. The molecule has 0 unspecified atom stereocenters. The molecule has 0 fully saturated rings. The first-order chi connectivity index (χ1) is 8.21. The average Bonchev–Trinajstić information content (AvgIpc) is 2.75. The van der Waals surface area contributed by atoms with E-state index in [1.54, 1.807) is 0 Å². The lowest BCUT2D eigenvalue weighted by atomic mass is 10.2. The number of rotatable bonds is 7. The Balaban J connectivity index is 0.00000289. The maximum atomic E-state index is 11.1. The molecule has 0 atom stereocenters. The van der Waals surface area contributed by atoms with Crippen LogP contribution in [0.4, 0.5) is 0 Å². The summed E-state index contributed by atoms with van der Waals surface area (Å²) in [5, 5.41) is 0. The number of esters is 1. The molecule has 1 heterocycles. The number of methoxy groups -OCH3 is 1. The Bertz CT molecular complexity index is 364. The van der Waals surface area contributed by atoms with Crippen molar-refractivity contribution in [1.82, 2.24) is 4.57 Å². The summed E-state index contributed by atoms with van der Waals surface area (Å²) in [5.41, 5.74) is 1.20. The maximum absolute atomic E-state index is 11.1. The number of imidazole rings is 1. The van der Waals surface area contributed by atoms with Crippen LogP contribution in [0.15, 0.2) is 12.5 Å². The van der Waals surface area contributed by atoms with Gasteiger partial charge in [0, 0.05) is 6.42 Å². The fourth-order valence-corrected chi connectivity index (χ4v) is 1.84. The predicted molar refractivity (Wildman–Crippen MR) is 65.5 cm³/mol. The molecule has 5 heteroatoms. The zero-order valence-electron chi connectivity index (χ0n) is 11.5. The van der Waals surface area contributed by atoms with Crippen LogP contribution in [-0.4, -0.2) is 17.6 Å². The molecule has 0 N–H and O–H groups in total. The van der Waals surface area contributed by atoms with Crippen molar-refractivity contribution in [3.8, 4) is 0 Å². The monoisotopic (exact) mass is 366 g/mol. The maximum Gasteiger partial charge on any atom is 0.305 e. The first kappa shape index (κ1) is 17.4. The van der Waals surface area contributed by atoms with E-state index in [0.29, 0.717) is 6.42 Å². The molecule has 0 aliphatic rings. The van der Waals surface area contributed by atoms with Gasteiger partial charge in [-0.1, -0.05) is 13.3 Å². The number of hydrogen-bond acceptors (Lipinski definition) is 2. The van der Waals surface area contributed by atoms with Crippen molar-refractivity contribution in [2.75, 3.05) is 7.11 Å². The summed E-state index contributed by atoms with van der Waals surface area (Å²) >= 11 is 0. The second-order valence-corrected chi connectivity index (χ2v) is 4.19. The number of nitrogens with zero attached hydrogens (tertiary/aromatic N) is 2. The molecular formula is C13H23IN2O2. The molecular weight excluding hydrogens is 343 g/mol. The Morgan fingerprint density at radius 2 is 2.17 bits per heavy atom. The predicted octanol–water partition coefficient (Wildman–Crippen LogP) is -1.29. The van der Waals surface area contributed by atoms with Crippen LogP contribution in [0.5, 0.6) is 0 Å². The lowest BCUT2D eigenvalue weighted by Crippen LogP contribution is -3.00. The van der Waals surface area contributed by atoms with Crippen LogP contribution in [-0.2, 0) is 29.0 Å². The van der Waals surface area contributed by atoms with Crippen molar-refractivity contribution in [2.45, 2.75) is 52.6 Å². The van der Waals surface area contributed by atoms with E-state index in [-0.39, 0.29) is 29.9 Å². The highest BCUT2D eigenvalue weighted by atomic mass is 127. The van der Waals surface area contributed by atoms with Gasteiger partial charge in [-0.25, -0.2) is 9.13 Å². The molecule has 0 radical (unpaired) electrons. The van der Waals surface area contributed by atoms with Gasteiger partial charge < -0.3 is 28.7 Å². The number of carbonyl (C=O) groups is 1. The molecule has 0 bridgehead atoms. The first-order valence-electron chi connectivity index (χ1n) is 6.36. The molecule has 4 nitrogen and oxygen atoms in total. The summed E-state index contributed by atoms with van der Waals surface area (Å²) in [6.45, 7) is 6.30. The number of aryl methyl sites for hydroxylation is 3. The van der Waals surface area contributed by atoms with Crippen molar-refractivity contribution in [3.63, 3.8) is 0 Å². The number of halogens is 1. The minimum Gasteiger partial charge on any atom is -1.00 e. The van der Waals surface area contributed by atoms with E-state index in [0.717, 1.165) is 19.5 Å². The van der Waals surface area contributed by atoms with Gasteiger partial charge in [-0.05, 0) is 13.3 Å². The second kappa shape index (κ2) is 9.35. The molecule has 0 aliphatic carbocycles. The van der Waals surface area contributed by atoms with Gasteiger partial charge in [0.25, 0.3) is 0 Å². The molecule has 1 rings (SSSR count). The van der Waals surface area contributed by atoms with Gasteiger partial charge >= 0.3 is 5.97 Å². The molecule has 1 aromatic heterocycles. The van der Waals surface area contributed by atoms with Crippen LogP contribution in [0.25, 0.3) is 0 Å². The molecule has 1 aromatic rings. The third-order valence-electron chi connectivity index (χ3n) is 2.89. The SMILES string of the molecule is CCCC[n+]1cc(CCC(=O)OC)n(CC)c1.[I-]. The Labute approximate surface area is 126 Å². The van der Waals surface area contributed by atoms with E-state index < -0.39 is 0 Å². The summed E-state index contributed by atoms with van der Waals surface area (Å²) in [6.07, 6.45) is 7.86. The Morgan fingerprint density at radius 3 is 2.72 bits per heavy atom. The molecule has 0 amide bonds. The van der Waals surface area contributed by atoms with Gasteiger partial charge in [0.15, 0.2) is 0 Å². The smallest absolute Gasteiger partial charge is 0.305 e. The van der Waals surface area contributed by atoms with Crippen molar-refractivity contribution >= 4 is 5.97 Å². The highest BCUT2D eigenvalue weighted by Gasteiger charge is 2.13. The largest absolute Gasteiger partial charge is 1.00 e. The third kappa shape index (κ3) is 5.37. The van der Waals surface area contributed by atoms with Crippen molar-refractivity contribution < 1.29 is 38.1 Å². The fourth-order valence-electron chi connectivity index (χ4n) is 1.84. The number of unbranched alkanes of at least 4 members (excludes halogenated alkanes) is 1. The Kier molecular flexibility index (Phi) is 9.05. The van der Waals surface area contributed by atoms with E-state index in [9.17, 15) is 4.79 Å². The van der Waals surface area contributed by atoms with Crippen LogP contribution >= 0.6 is 0 Å². The summed E-state index contributed by atoms with van der Waals surface area (Å²) < 4.78 is 9.06. The van der Waals surface area contributed by atoms with E-state index in [2.05, 4.69) is 40.2 Å². The second-order valence-electron chi connectivity index (χ2n) is 4.19. The zero-order chi connectivity index (χ0) is 12.7. The van der Waals surface area contributed by atoms with Crippen LogP contribution in [0.3, 0.4) is 0 Å². The fraction of sp³-hybridized carbons (Fsp3) is 0.692. The van der Waals surface area contributed by atoms with Crippen LogP contribution in [0.1, 0.15) is 38.8 Å². The van der Waals surface area contributed by atoms with Crippen molar-refractivity contribution in [1.29, 1.82) is 0 Å². The van der Waals surface area contributed by atoms with Gasteiger partial charge in [0.1, 0.15) is 11.9 Å². The molecule has 18 heavy (non-hydrogen) atoms. The summed E-state index contributed by atoms with van der Waals surface area (Å²) in [4.78, 5) is 11.1.